The highest BCUT2D eigenvalue weighted by atomic mass is 16.5. The summed E-state index contributed by atoms with van der Waals surface area (Å²) in [6.07, 6.45) is 3.41. The van der Waals surface area contributed by atoms with Crippen LogP contribution in [0.3, 0.4) is 0 Å². The number of carbonyl (C=O) groups excluding carboxylic acids is 2. The fraction of sp³-hybridized carbons (Fsp3) is 0.636. The van der Waals surface area contributed by atoms with Crippen molar-refractivity contribution in [3.05, 3.63) is 29.8 Å². The van der Waals surface area contributed by atoms with Gasteiger partial charge in [0.25, 0.3) is 5.91 Å². The van der Waals surface area contributed by atoms with Crippen LogP contribution in [0.5, 0.6) is 5.75 Å². The Hall–Kier alpha value is -2.28. The number of piperidine rings is 1. The number of benzene rings is 1. The second kappa shape index (κ2) is 8.22. The van der Waals surface area contributed by atoms with Crippen LogP contribution in [-0.4, -0.2) is 84.7 Å². The van der Waals surface area contributed by atoms with Crippen molar-refractivity contribution >= 4 is 11.9 Å². The average Bonchev–Trinajstić information content (AvgIpc) is 2.98. The molecule has 0 atom stereocenters. The van der Waals surface area contributed by atoms with Crippen molar-refractivity contribution in [3.63, 3.8) is 0 Å². The van der Waals surface area contributed by atoms with E-state index in [2.05, 4.69) is 4.90 Å². The molecule has 3 aliphatic rings. The van der Waals surface area contributed by atoms with E-state index < -0.39 is 0 Å². The maximum absolute atomic E-state index is 13.1. The summed E-state index contributed by atoms with van der Waals surface area (Å²) in [4.78, 5) is 31.9. The van der Waals surface area contributed by atoms with Gasteiger partial charge in [-0.15, -0.1) is 0 Å². The van der Waals surface area contributed by atoms with Crippen molar-refractivity contribution in [1.29, 1.82) is 0 Å². The number of hydrogen-bond donors (Lipinski definition) is 0. The predicted molar refractivity (Wildman–Crippen MR) is 109 cm³/mol. The molecule has 1 aromatic rings. The first-order chi connectivity index (χ1) is 14.1. The second-order valence-electron chi connectivity index (χ2n) is 8.30. The van der Waals surface area contributed by atoms with Crippen molar-refractivity contribution in [2.45, 2.75) is 44.2 Å². The van der Waals surface area contributed by atoms with Crippen molar-refractivity contribution in [1.82, 2.24) is 14.7 Å². The van der Waals surface area contributed by atoms with E-state index in [0.717, 1.165) is 32.2 Å². The molecule has 1 aromatic carbocycles. The van der Waals surface area contributed by atoms with E-state index in [1.165, 1.54) is 0 Å². The highest BCUT2D eigenvalue weighted by Gasteiger charge is 2.52. The lowest BCUT2D eigenvalue weighted by Crippen LogP contribution is -2.57. The summed E-state index contributed by atoms with van der Waals surface area (Å²) >= 11 is 0. The number of hydrogen-bond acceptors (Lipinski definition) is 4. The number of amides is 3. The Morgan fingerprint density at radius 3 is 2.59 bits per heavy atom. The standard InChI is InChI=1S/C22H31N3O4/c1-3-29-19-7-5-4-6-18(19)20(26)24-12-8-17(9-13-24)25-21(27)23(2)16-22(25)10-14-28-15-11-22/h4-7,17H,3,8-16H2,1-2H3. The summed E-state index contributed by atoms with van der Waals surface area (Å²) in [5.74, 6) is 0.651. The molecule has 0 aliphatic carbocycles. The number of nitrogens with zero attached hydrogens (tertiary/aromatic N) is 3. The van der Waals surface area contributed by atoms with Gasteiger partial charge in [0.05, 0.1) is 17.7 Å². The normalized spacial score (nSPS) is 22.4. The summed E-state index contributed by atoms with van der Waals surface area (Å²) in [5, 5.41) is 0. The van der Waals surface area contributed by atoms with Crippen molar-refractivity contribution in [2.75, 3.05) is 46.5 Å². The largest absolute Gasteiger partial charge is 0.493 e. The van der Waals surface area contributed by atoms with Gasteiger partial charge in [-0.05, 0) is 44.7 Å². The lowest BCUT2D eigenvalue weighted by Gasteiger charge is -2.46. The lowest BCUT2D eigenvalue weighted by molar-refractivity contribution is -0.0151. The van der Waals surface area contributed by atoms with Gasteiger partial charge >= 0.3 is 6.03 Å². The molecular formula is C22H31N3O4. The molecule has 0 radical (unpaired) electrons. The smallest absolute Gasteiger partial charge is 0.320 e. The third kappa shape index (κ3) is 3.68. The quantitative estimate of drug-likeness (QED) is 0.778. The van der Waals surface area contributed by atoms with E-state index in [-0.39, 0.29) is 23.5 Å². The molecule has 7 nitrogen and oxygen atoms in total. The van der Waals surface area contributed by atoms with E-state index in [9.17, 15) is 9.59 Å². The van der Waals surface area contributed by atoms with Crippen LogP contribution in [0.4, 0.5) is 4.79 Å². The second-order valence-corrected chi connectivity index (χ2v) is 8.30. The van der Waals surface area contributed by atoms with Gasteiger partial charge in [0.2, 0.25) is 0 Å². The van der Waals surface area contributed by atoms with E-state index >= 15 is 0 Å². The number of likely N-dealkylation sites (tertiary alicyclic amines) is 1. The summed E-state index contributed by atoms with van der Waals surface area (Å²) in [6, 6.07) is 7.73. The monoisotopic (exact) mass is 401 g/mol. The molecular weight excluding hydrogens is 370 g/mol. The Morgan fingerprint density at radius 1 is 1.21 bits per heavy atom. The molecule has 3 fully saturated rings. The van der Waals surface area contributed by atoms with Crippen molar-refractivity contribution in [2.24, 2.45) is 0 Å². The zero-order valence-electron chi connectivity index (χ0n) is 17.4. The van der Waals surface area contributed by atoms with Crippen LogP contribution in [0.2, 0.25) is 0 Å². The number of carbonyl (C=O) groups is 2. The van der Waals surface area contributed by atoms with Crippen LogP contribution in [0.25, 0.3) is 0 Å². The maximum atomic E-state index is 13.1. The Labute approximate surface area is 172 Å². The number of urea groups is 1. The molecule has 3 heterocycles. The van der Waals surface area contributed by atoms with Crippen LogP contribution in [0.1, 0.15) is 43.0 Å². The molecule has 3 amide bonds. The van der Waals surface area contributed by atoms with Gasteiger partial charge in [0.15, 0.2) is 0 Å². The predicted octanol–water partition coefficient (Wildman–Crippen LogP) is 2.61. The number of rotatable bonds is 4. The first-order valence-electron chi connectivity index (χ1n) is 10.7. The highest BCUT2D eigenvalue weighted by molar-refractivity contribution is 5.97. The van der Waals surface area contributed by atoms with Gasteiger partial charge in [0.1, 0.15) is 5.75 Å². The van der Waals surface area contributed by atoms with E-state index in [4.69, 9.17) is 9.47 Å². The summed E-state index contributed by atoms with van der Waals surface area (Å²) in [7, 11) is 1.89. The zero-order valence-corrected chi connectivity index (χ0v) is 17.4. The highest BCUT2D eigenvalue weighted by Crippen LogP contribution is 2.38. The Kier molecular flexibility index (Phi) is 5.67. The lowest BCUT2D eigenvalue weighted by atomic mass is 9.86. The molecule has 7 heteroatoms. The Morgan fingerprint density at radius 2 is 1.90 bits per heavy atom. The fourth-order valence-electron chi connectivity index (χ4n) is 5.09. The van der Waals surface area contributed by atoms with Gasteiger partial charge < -0.3 is 24.2 Å². The average molecular weight is 402 g/mol. The molecule has 0 N–H and O–H groups in total. The molecule has 3 aliphatic heterocycles. The minimum Gasteiger partial charge on any atom is -0.493 e. The summed E-state index contributed by atoms with van der Waals surface area (Å²) < 4.78 is 11.2. The van der Waals surface area contributed by atoms with E-state index in [1.54, 1.807) is 0 Å². The maximum Gasteiger partial charge on any atom is 0.320 e. The zero-order chi connectivity index (χ0) is 20.4. The SMILES string of the molecule is CCOc1ccccc1C(=O)N1CCC(N2C(=O)N(C)CC23CCOCC3)CC1. The minimum atomic E-state index is -0.109. The fourth-order valence-corrected chi connectivity index (χ4v) is 5.09. The number of para-hydroxylation sites is 1. The molecule has 29 heavy (non-hydrogen) atoms. The molecule has 158 valence electrons. The van der Waals surface area contributed by atoms with E-state index in [1.807, 2.05) is 48.0 Å². The van der Waals surface area contributed by atoms with Gasteiger partial charge in [-0.25, -0.2) is 4.79 Å². The van der Waals surface area contributed by atoms with Gasteiger partial charge in [-0.1, -0.05) is 12.1 Å². The minimum absolute atomic E-state index is 0.0122. The first-order valence-corrected chi connectivity index (χ1v) is 10.7. The Bertz CT molecular complexity index is 754. The Balaban J connectivity index is 1.45. The first kappa shape index (κ1) is 20.0. The van der Waals surface area contributed by atoms with Crippen molar-refractivity contribution in [3.8, 4) is 5.75 Å². The topological polar surface area (TPSA) is 62.3 Å². The molecule has 1 spiro atoms. The molecule has 0 bridgehead atoms. The van der Waals surface area contributed by atoms with Crippen LogP contribution in [-0.2, 0) is 4.74 Å². The molecule has 0 unspecified atom stereocenters. The molecule has 0 saturated carbocycles. The summed E-state index contributed by atoms with van der Waals surface area (Å²) in [5.41, 5.74) is 0.508. The molecule has 3 saturated heterocycles. The number of likely N-dealkylation sites (N-methyl/N-ethyl adjacent to an activating group) is 1. The third-order valence-corrected chi connectivity index (χ3v) is 6.53. The summed E-state index contributed by atoms with van der Waals surface area (Å²) in [6.45, 7) is 5.96. The van der Waals surface area contributed by atoms with Crippen molar-refractivity contribution < 1.29 is 19.1 Å². The van der Waals surface area contributed by atoms with Gasteiger partial charge in [0, 0.05) is 45.9 Å². The van der Waals surface area contributed by atoms with Crippen LogP contribution < -0.4 is 4.74 Å². The molecule has 0 aromatic heterocycles. The van der Waals surface area contributed by atoms with Crippen LogP contribution in [0, 0.1) is 0 Å². The molecule has 4 rings (SSSR count). The van der Waals surface area contributed by atoms with Crippen LogP contribution >= 0.6 is 0 Å². The number of ether oxygens (including phenoxy) is 2. The van der Waals surface area contributed by atoms with E-state index in [0.29, 0.717) is 44.2 Å². The third-order valence-electron chi connectivity index (χ3n) is 6.53. The van der Waals surface area contributed by atoms with Crippen LogP contribution in [0.15, 0.2) is 24.3 Å². The van der Waals surface area contributed by atoms with Gasteiger partial charge in [-0.2, -0.15) is 0 Å². The van der Waals surface area contributed by atoms with Gasteiger partial charge in [-0.3, -0.25) is 4.79 Å².